The minimum Gasteiger partial charge on any atom is -0.348 e. The van der Waals surface area contributed by atoms with E-state index < -0.39 is 0 Å². The largest absolute Gasteiger partial charge is 0.348 e. The molecule has 0 radical (unpaired) electrons. The Bertz CT molecular complexity index is 1190. The van der Waals surface area contributed by atoms with Gasteiger partial charge in [-0.25, -0.2) is 9.97 Å². The van der Waals surface area contributed by atoms with Gasteiger partial charge in [-0.05, 0) is 48.9 Å². The number of nitrogens with one attached hydrogen (secondary N) is 2. The summed E-state index contributed by atoms with van der Waals surface area (Å²) in [4.78, 5) is 21.5. The SMILES string of the molecule is Cc1ccc(-c2nccc(Nc3cccc(C(=O)NCc4ccc(Cl)cc4)c3)n2)cc1. The zero-order valence-corrected chi connectivity index (χ0v) is 17.7. The number of hydrogen-bond acceptors (Lipinski definition) is 4. The van der Waals surface area contributed by atoms with Crippen LogP contribution >= 0.6 is 11.6 Å². The van der Waals surface area contributed by atoms with Crippen LogP contribution in [0.25, 0.3) is 11.4 Å². The number of carbonyl (C=O) groups is 1. The summed E-state index contributed by atoms with van der Waals surface area (Å²) in [5, 5.41) is 6.85. The summed E-state index contributed by atoms with van der Waals surface area (Å²) >= 11 is 5.90. The third-order valence-corrected chi connectivity index (χ3v) is 4.98. The Morgan fingerprint density at radius 1 is 0.968 bits per heavy atom. The number of carbonyl (C=O) groups excluding carboxylic acids is 1. The Kier molecular flexibility index (Phi) is 6.24. The maximum Gasteiger partial charge on any atom is 0.251 e. The Morgan fingerprint density at radius 2 is 1.74 bits per heavy atom. The third kappa shape index (κ3) is 5.47. The summed E-state index contributed by atoms with van der Waals surface area (Å²) in [5.74, 6) is 1.15. The first-order chi connectivity index (χ1) is 15.1. The number of nitrogens with zero attached hydrogens (tertiary/aromatic N) is 2. The molecule has 0 aliphatic carbocycles. The summed E-state index contributed by atoms with van der Waals surface area (Å²) in [6.07, 6.45) is 1.72. The Labute approximate surface area is 186 Å². The fourth-order valence-electron chi connectivity index (χ4n) is 3.04. The Hall–Kier alpha value is -3.70. The lowest BCUT2D eigenvalue weighted by Crippen LogP contribution is -2.22. The highest BCUT2D eigenvalue weighted by molar-refractivity contribution is 6.30. The molecule has 0 saturated carbocycles. The third-order valence-electron chi connectivity index (χ3n) is 4.73. The van der Waals surface area contributed by atoms with Crippen LogP contribution in [-0.2, 0) is 6.54 Å². The van der Waals surface area contributed by atoms with Crippen molar-refractivity contribution in [3.05, 3.63) is 107 Å². The van der Waals surface area contributed by atoms with Crippen molar-refractivity contribution < 1.29 is 4.79 Å². The van der Waals surface area contributed by atoms with Gasteiger partial charge in [0, 0.05) is 34.6 Å². The summed E-state index contributed by atoms with van der Waals surface area (Å²) in [6, 6.07) is 24.6. The minimum absolute atomic E-state index is 0.151. The van der Waals surface area contributed by atoms with Crippen molar-refractivity contribution in [3.63, 3.8) is 0 Å². The molecule has 6 heteroatoms. The van der Waals surface area contributed by atoms with Crippen LogP contribution in [-0.4, -0.2) is 15.9 Å². The van der Waals surface area contributed by atoms with Crippen molar-refractivity contribution in [2.45, 2.75) is 13.5 Å². The number of hydrogen-bond donors (Lipinski definition) is 2. The highest BCUT2D eigenvalue weighted by atomic mass is 35.5. The predicted octanol–water partition coefficient (Wildman–Crippen LogP) is 5.78. The maximum atomic E-state index is 12.6. The van der Waals surface area contributed by atoms with Crippen LogP contribution in [0.4, 0.5) is 11.5 Å². The molecule has 4 aromatic rings. The van der Waals surface area contributed by atoms with Crippen LogP contribution in [0.5, 0.6) is 0 Å². The van der Waals surface area contributed by atoms with Crippen molar-refractivity contribution >= 4 is 29.0 Å². The minimum atomic E-state index is -0.151. The van der Waals surface area contributed by atoms with Gasteiger partial charge in [-0.1, -0.05) is 59.6 Å². The van der Waals surface area contributed by atoms with Gasteiger partial charge in [0.2, 0.25) is 0 Å². The summed E-state index contributed by atoms with van der Waals surface area (Å²) in [6.45, 7) is 2.47. The Morgan fingerprint density at radius 3 is 2.52 bits per heavy atom. The molecule has 0 unspecified atom stereocenters. The fourth-order valence-corrected chi connectivity index (χ4v) is 3.17. The molecule has 0 spiro atoms. The second kappa shape index (κ2) is 9.41. The first kappa shape index (κ1) is 20.6. The molecule has 0 bridgehead atoms. The van der Waals surface area contributed by atoms with Gasteiger partial charge in [0.25, 0.3) is 5.91 Å². The van der Waals surface area contributed by atoms with Crippen LogP contribution in [0.2, 0.25) is 5.02 Å². The highest BCUT2D eigenvalue weighted by Gasteiger charge is 2.08. The van der Waals surface area contributed by atoms with Gasteiger partial charge in [0.1, 0.15) is 5.82 Å². The number of rotatable bonds is 6. The molecule has 154 valence electrons. The highest BCUT2D eigenvalue weighted by Crippen LogP contribution is 2.20. The first-order valence-corrected chi connectivity index (χ1v) is 10.2. The van der Waals surface area contributed by atoms with E-state index in [1.54, 1.807) is 36.5 Å². The molecule has 3 aromatic carbocycles. The molecule has 2 N–H and O–H groups in total. The molecule has 0 atom stereocenters. The van der Waals surface area contributed by atoms with Gasteiger partial charge in [0.15, 0.2) is 5.82 Å². The zero-order valence-electron chi connectivity index (χ0n) is 17.0. The molecular weight excluding hydrogens is 408 g/mol. The van der Waals surface area contributed by atoms with Gasteiger partial charge in [-0.15, -0.1) is 0 Å². The van der Waals surface area contributed by atoms with E-state index in [0.29, 0.717) is 28.8 Å². The molecule has 0 aliphatic rings. The van der Waals surface area contributed by atoms with Gasteiger partial charge in [-0.2, -0.15) is 0 Å². The maximum absolute atomic E-state index is 12.6. The molecule has 1 heterocycles. The van der Waals surface area contributed by atoms with Crippen molar-refractivity contribution in [2.24, 2.45) is 0 Å². The topological polar surface area (TPSA) is 66.9 Å². The van der Waals surface area contributed by atoms with Gasteiger partial charge in [0.05, 0.1) is 0 Å². The molecule has 0 saturated heterocycles. The van der Waals surface area contributed by atoms with Gasteiger partial charge < -0.3 is 10.6 Å². The van der Waals surface area contributed by atoms with Crippen molar-refractivity contribution in [3.8, 4) is 11.4 Å². The van der Waals surface area contributed by atoms with Crippen molar-refractivity contribution in [2.75, 3.05) is 5.32 Å². The van der Waals surface area contributed by atoms with E-state index in [4.69, 9.17) is 11.6 Å². The van der Waals surface area contributed by atoms with E-state index in [2.05, 4.69) is 20.6 Å². The van der Waals surface area contributed by atoms with Gasteiger partial charge in [-0.3, -0.25) is 4.79 Å². The smallest absolute Gasteiger partial charge is 0.251 e. The van der Waals surface area contributed by atoms with Crippen LogP contribution < -0.4 is 10.6 Å². The lowest BCUT2D eigenvalue weighted by atomic mass is 10.1. The number of aromatic nitrogens is 2. The van der Waals surface area contributed by atoms with Crippen LogP contribution in [0.1, 0.15) is 21.5 Å². The molecule has 5 nitrogen and oxygen atoms in total. The Balaban J connectivity index is 1.44. The van der Waals surface area contributed by atoms with Crippen molar-refractivity contribution in [1.29, 1.82) is 0 Å². The van der Waals surface area contributed by atoms with Crippen LogP contribution in [0.3, 0.4) is 0 Å². The van der Waals surface area contributed by atoms with E-state index in [0.717, 1.165) is 16.8 Å². The average molecular weight is 429 g/mol. The number of benzene rings is 3. The average Bonchev–Trinajstić information content (AvgIpc) is 2.79. The van der Waals surface area contributed by atoms with Crippen molar-refractivity contribution in [1.82, 2.24) is 15.3 Å². The summed E-state index contributed by atoms with van der Waals surface area (Å²) < 4.78 is 0. The summed E-state index contributed by atoms with van der Waals surface area (Å²) in [5.41, 5.74) is 4.45. The number of amides is 1. The first-order valence-electron chi connectivity index (χ1n) is 9.87. The number of aryl methyl sites for hydroxylation is 1. The second-order valence-electron chi connectivity index (χ2n) is 7.15. The van der Waals surface area contributed by atoms with Crippen LogP contribution in [0, 0.1) is 6.92 Å². The zero-order chi connectivity index (χ0) is 21.6. The van der Waals surface area contributed by atoms with E-state index in [1.807, 2.05) is 55.5 Å². The van der Waals surface area contributed by atoms with E-state index in [9.17, 15) is 4.79 Å². The molecule has 1 aromatic heterocycles. The summed E-state index contributed by atoms with van der Waals surface area (Å²) in [7, 11) is 0. The second-order valence-corrected chi connectivity index (χ2v) is 7.58. The molecule has 0 aliphatic heterocycles. The monoisotopic (exact) mass is 428 g/mol. The predicted molar refractivity (Wildman–Crippen MR) is 125 cm³/mol. The number of anilines is 2. The van der Waals surface area contributed by atoms with E-state index in [1.165, 1.54) is 5.56 Å². The fraction of sp³-hybridized carbons (Fsp3) is 0.0800. The van der Waals surface area contributed by atoms with E-state index >= 15 is 0 Å². The molecule has 4 rings (SSSR count). The van der Waals surface area contributed by atoms with Crippen LogP contribution in [0.15, 0.2) is 85.1 Å². The lowest BCUT2D eigenvalue weighted by Gasteiger charge is -2.10. The van der Waals surface area contributed by atoms with E-state index in [-0.39, 0.29) is 5.91 Å². The quantitative estimate of drug-likeness (QED) is 0.408. The molecule has 0 fully saturated rings. The molecule has 1 amide bonds. The number of halogens is 1. The van der Waals surface area contributed by atoms with Gasteiger partial charge >= 0.3 is 0 Å². The normalized spacial score (nSPS) is 10.5. The molecular formula is C25H21ClN4O. The molecule has 31 heavy (non-hydrogen) atoms. The standard InChI is InChI=1S/C25H21ClN4O/c1-17-5-9-19(10-6-17)24-27-14-13-23(30-24)29-22-4-2-3-20(15-22)25(31)28-16-18-7-11-21(26)12-8-18/h2-15H,16H2,1H3,(H,28,31)(H,27,29,30). The lowest BCUT2D eigenvalue weighted by molar-refractivity contribution is 0.0951.